The van der Waals surface area contributed by atoms with Gasteiger partial charge < -0.3 is 19.5 Å². The molecular weight excluding hydrogens is 238 g/mol. The molecule has 6 nitrogen and oxygen atoms in total. The van der Waals surface area contributed by atoms with E-state index in [0.29, 0.717) is 13.2 Å². The van der Waals surface area contributed by atoms with E-state index in [1.165, 1.54) is 4.90 Å². The van der Waals surface area contributed by atoms with Gasteiger partial charge in [0, 0.05) is 13.2 Å². The first-order chi connectivity index (χ1) is 8.52. The molecule has 0 aliphatic carbocycles. The van der Waals surface area contributed by atoms with Crippen LogP contribution in [0.15, 0.2) is 0 Å². The van der Waals surface area contributed by atoms with Crippen LogP contribution in [-0.2, 0) is 19.1 Å². The molecule has 0 heterocycles. The molecule has 0 aromatic rings. The van der Waals surface area contributed by atoms with Crippen LogP contribution in [0.4, 0.5) is 0 Å². The van der Waals surface area contributed by atoms with Crippen molar-refractivity contribution < 1.29 is 24.2 Å². The maximum absolute atomic E-state index is 11.9. The van der Waals surface area contributed by atoms with Crippen LogP contribution in [0, 0.1) is 0 Å². The van der Waals surface area contributed by atoms with Gasteiger partial charge in [-0.3, -0.25) is 9.59 Å². The van der Waals surface area contributed by atoms with Crippen LogP contribution in [-0.4, -0.2) is 61.4 Å². The van der Waals surface area contributed by atoms with Gasteiger partial charge in [0.2, 0.25) is 5.91 Å². The highest BCUT2D eigenvalue weighted by Crippen LogP contribution is 2.06. The number of amides is 1. The van der Waals surface area contributed by atoms with Crippen LogP contribution in [0.1, 0.15) is 26.7 Å². The molecule has 0 saturated heterocycles. The zero-order valence-electron chi connectivity index (χ0n) is 11.3. The minimum absolute atomic E-state index is 0.0763. The quantitative estimate of drug-likeness (QED) is 0.587. The third kappa shape index (κ3) is 7.24. The number of nitrogens with zero attached hydrogens (tertiary/aromatic N) is 1. The topological polar surface area (TPSA) is 76.1 Å². The van der Waals surface area contributed by atoms with Gasteiger partial charge in [0.25, 0.3) is 0 Å². The highest BCUT2D eigenvalue weighted by atomic mass is 16.5. The molecular formula is C12H23NO5. The average Bonchev–Trinajstić information content (AvgIpc) is 2.34. The summed E-state index contributed by atoms with van der Waals surface area (Å²) >= 11 is 0. The number of hydrogen-bond donors (Lipinski definition) is 1. The van der Waals surface area contributed by atoms with Gasteiger partial charge in [-0.1, -0.05) is 6.92 Å². The predicted octanol–water partition coefficient (Wildman–Crippen LogP) is 0.751. The largest absolute Gasteiger partial charge is 0.480 e. The SMILES string of the molecule is CCC(C)N(CC(=O)O)C(=O)CCOCCOC. The first-order valence-electron chi connectivity index (χ1n) is 6.10. The highest BCUT2D eigenvalue weighted by Gasteiger charge is 2.20. The Morgan fingerprint density at radius 1 is 1.28 bits per heavy atom. The Morgan fingerprint density at radius 3 is 2.44 bits per heavy atom. The van der Waals surface area contributed by atoms with Crippen molar-refractivity contribution in [2.75, 3.05) is 33.5 Å². The highest BCUT2D eigenvalue weighted by molar-refractivity contribution is 5.81. The first-order valence-corrected chi connectivity index (χ1v) is 6.10. The lowest BCUT2D eigenvalue weighted by Gasteiger charge is -2.26. The van der Waals surface area contributed by atoms with Crippen LogP contribution in [0.2, 0.25) is 0 Å². The summed E-state index contributed by atoms with van der Waals surface area (Å²) < 4.78 is 10.00. The average molecular weight is 261 g/mol. The number of aliphatic carboxylic acids is 1. The molecule has 0 aromatic carbocycles. The van der Waals surface area contributed by atoms with Crippen LogP contribution < -0.4 is 0 Å². The molecule has 0 bridgehead atoms. The van der Waals surface area contributed by atoms with E-state index < -0.39 is 5.97 Å². The Balaban J connectivity index is 4.09. The molecule has 106 valence electrons. The molecule has 1 unspecified atom stereocenters. The number of carbonyl (C=O) groups is 2. The molecule has 1 atom stereocenters. The number of carboxylic acid groups (broad SMARTS) is 1. The number of carbonyl (C=O) groups excluding carboxylic acids is 1. The molecule has 0 aromatic heterocycles. The maximum Gasteiger partial charge on any atom is 0.323 e. The lowest BCUT2D eigenvalue weighted by Crippen LogP contribution is -2.42. The summed E-state index contributed by atoms with van der Waals surface area (Å²) in [4.78, 5) is 23.9. The minimum Gasteiger partial charge on any atom is -0.480 e. The van der Waals surface area contributed by atoms with E-state index in [-0.39, 0.29) is 31.5 Å². The van der Waals surface area contributed by atoms with Crippen LogP contribution >= 0.6 is 0 Å². The van der Waals surface area contributed by atoms with E-state index in [4.69, 9.17) is 14.6 Å². The fourth-order valence-electron chi connectivity index (χ4n) is 1.40. The molecule has 0 fully saturated rings. The summed E-state index contributed by atoms with van der Waals surface area (Å²) in [5.74, 6) is -1.19. The van der Waals surface area contributed by atoms with Crippen molar-refractivity contribution in [1.29, 1.82) is 0 Å². The summed E-state index contributed by atoms with van der Waals surface area (Å²) in [6.07, 6.45) is 0.922. The third-order valence-electron chi connectivity index (χ3n) is 2.64. The van der Waals surface area contributed by atoms with Crippen molar-refractivity contribution in [2.24, 2.45) is 0 Å². The molecule has 0 saturated carbocycles. The normalized spacial score (nSPS) is 12.2. The molecule has 0 spiro atoms. The van der Waals surface area contributed by atoms with Gasteiger partial charge in [0.15, 0.2) is 0 Å². The zero-order valence-corrected chi connectivity index (χ0v) is 11.3. The second-order valence-electron chi connectivity index (χ2n) is 4.03. The monoisotopic (exact) mass is 261 g/mol. The second kappa shape index (κ2) is 9.85. The van der Waals surface area contributed by atoms with Crippen molar-refractivity contribution in [1.82, 2.24) is 4.90 Å². The molecule has 0 rings (SSSR count). The Kier molecular flexibility index (Phi) is 9.22. The van der Waals surface area contributed by atoms with E-state index in [9.17, 15) is 9.59 Å². The number of ether oxygens (including phenoxy) is 2. The fraction of sp³-hybridized carbons (Fsp3) is 0.833. The summed E-state index contributed by atoms with van der Waals surface area (Å²) in [6.45, 7) is 4.71. The van der Waals surface area contributed by atoms with E-state index in [1.54, 1.807) is 7.11 Å². The van der Waals surface area contributed by atoms with Gasteiger partial charge in [0.05, 0.1) is 26.2 Å². The summed E-state index contributed by atoms with van der Waals surface area (Å²) in [5, 5.41) is 8.78. The Hall–Kier alpha value is -1.14. The second-order valence-corrected chi connectivity index (χ2v) is 4.03. The fourth-order valence-corrected chi connectivity index (χ4v) is 1.40. The van der Waals surface area contributed by atoms with Crippen LogP contribution in [0.3, 0.4) is 0 Å². The van der Waals surface area contributed by atoms with Gasteiger partial charge in [-0.25, -0.2) is 0 Å². The Bertz CT molecular complexity index is 257. The Morgan fingerprint density at radius 2 is 1.94 bits per heavy atom. The lowest BCUT2D eigenvalue weighted by molar-refractivity contribution is -0.146. The van der Waals surface area contributed by atoms with Crippen molar-refractivity contribution >= 4 is 11.9 Å². The molecule has 18 heavy (non-hydrogen) atoms. The van der Waals surface area contributed by atoms with E-state index in [1.807, 2.05) is 13.8 Å². The molecule has 1 amide bonds. The van der Waals surface area contributed by atoms with E-state index in [2.05, 4.69) is 0 Å². The van der Waals surface area contributed by atoms with Crippen molar-refractivity contribution in [3.05, 3.63) is 0 Å². The Labute approximate surface area is 108 Å². The molecule has 1 N–H and O–H groups in total. The molecule has 0 radical (unpaired) electrons. The smallest absolute Gasteiger partial charge is 0.323 e. The van der Waals surface area contributed by atoms with Crippen molar-refractivity contribution in [3.8, 4) is 0 Å². The van der Waals surface area contributed by atoms with Gasteiger partial charge in [0.1, 0.15) is 6.54 Å². The minimum atomic E-state index is -0.996. The third-order valence-corrected chi connectivity index (χ3v) is 2.64. The number of methoxy groups -OCH3 is 1. The van der Waals surface area contributed by atoms with E-state index in [0.717, 1.165) is 6.42 Å². The van der Waals surface area contributed by atoms with Gasteiger partial charge in [-0.15, -0.1) is 0 Å². The van der Waals surface area contributed by atoms with Gasteiger partial charge in [-0.05, 0) is 13.3 Å². The van der Waals surface area contributed by atoms with Crippen LogP contribution in [0.5, 0.6) is 0 Å². The lowest BCUT2D eigenvalue weighted by atomic mass is 10.2. The van der Waals surface area contributed by atoms with Gasteiger partial charge >= 0.3 is 5.97 Å². The van der Waals surface area contributed by atoms with Crippen LogP contribution in [0.25, 0.3) is 0 Å². The summed E-state index contributed by atoms with van der Waals surface area (Å²) in [7, 11) is 1.58. The van der Waals surface area contributed by atoms with Crippen molar-refractivity contribution in [2.45, 2.75) is 32.7 Å². The molecule has 0 aliphatic heterocycles. The standard InChI is InChI=1S/C12H23NO5/c1-4-10(2)13(9-12(15)16)11(14)5-6-18-8-7-17-3/h10H,4-9H2,1-3H3,(H,15,16). The number of rotatable bonds is 10. The number of carboxylic acids is 1. The first kappa shape index (κ1) is 16.9. The molecule has 6 heteroatoms. The maximum atomic E-state index is 11.9. The molecule has 0 aliphatic rings. The zero-order chi connectivity index (χ0) is 14.0. The number of hydrogen-bond acceptors (Lipinski definition) is 4. The van der Waals surface area contributed by atoms with Gasteiger partial charge in [-0.2, -0.15) is 0 Å². The van der Waals surface area contributed by atoms with Crippen molar-refractivity contribution in [3.63, 3.8) is 0 Å². The van der Waals surface area contributed by atoms with E-state index >= 15 is 0 Å². The summed E-state index contributed by atoms with van der Waals surface area (Å²) in [5.41, 5.74) is 0. The summed E-state index contributed by atoms with van der Waals surface area (Å²) in [6, 6.07) is -0.0763. The predicted molar refractivity (Wildman–Crippen MR) is 66.4 cm³/mol.